The first kappa shape index (κ1) is 26.4. The van der Waals surface area contributed by atoms with Crippen LogP contribution in [0.1, 0.15) is 19.4 Å². The molecule has 0 atom stereocenters. The second-order valence-corrected chi connectivity index (χ2v) is 28.3. The van der Waals surface area contributed by atoms with Gasteiger partial charge in [-0.15, -0.1) is 18.2 Å². The van der Waals surface area contributed by atoms with Crippen molar-refractivity contribution < 1.29 is 32.7 Å². The summed E-state index contributed by atoms with van der Waals surface area (Å²) in [5, 5.41) is 4.55. The molecule has 0 unspecified atom stereocenters. The summed E-state index contributed by atoms with van der Waals surface area (Å²) in [5.74, 6) is 7.14. The zero-order valence-electron chi connectivity index (χ0n) is 33.0. The van der Waals surface area contributed by atoms with Gasteiger partial charge in [-0.25, -0.2) is 0 Å². The van der Waals surface area contributed by atoms with Crippen LogP contribution >= 0.6 is 0 Å². The number of hydrogen-bond acceptors (Lipinski definition) is 3. The fourth-order valence-corrected chi connectivity index (χ4v) is 11.5. The third-order valence-corrected chi connectivity index (χ3v) is 16.7. The van der Waals surface area contributed by atoms with Gasteiger partial charge >= 0.3 is 99.8 Å². The van der Waals surface area contributed by atoms with Crippen LogP contribution in [0.15, 0.2) is 108 Å². The van der Waals surface area contributed by atoms with Crippen LogP contribution in [0.3, 0.4) is 0 Å². The number of aromatic nitrogens is 2. The molecule has 47 heavy (non-hydrogen) atoms. The predicted molar refractivity (Wildman–Crippen MR) is 199 cm³/mol. The summed E-state index contributed by atoms with van der Waals surface area (Å²) >= 11 is -1.72. The number of furan rings is 1. The van der Waals surface area contributed by atoms with Gasteiger partial charge in [-0.1, -0.05) is 72.1 Å². The van der Waals surface area contributed by atoms with Crippen molar-refractivity contribution in [3.63, 3.8) is 0 Å². The number of fused-ring (bicyclic) bond motifs is 7. The van der Waals surface area contributed by atoms with Crippen LogP contribution in [0.4, 0.5) is 0 Å². The fraction of sp³-hybridized carbons (Fsp3) is 0.171. The van der Waals surface area contributed by atoms with E-state index in [1.807, 2.05) is 42.6 Å². The van der Waals surface area contributed by atoms with E-state index in [0.29, 0.717) is 16.8 Å². The Balaban J connectivity index is 0.000000238. The first-order chi connectivity index (χ1) is 24.5. The summed E-state index contributed by atoms with van der Waals surface area (Å²) in [6.07, 6.45) is 3.18. The van der Waals surface area contributed by atoms with Crippen LogP contribution in [-0.4, -0.2) is 31.3 Å². The molecule has 1 radical (unpaired) electrons. The molecule has 3 nitrogen and oxygen atoms in total. The number of hydrogen-bond donors (Lipinski definition) is 0. The minimum Gasteiger partial charge on any atom is 0 e. The molecule has 0 bridgehead atoms. The molecular formula is C41H38GeIrN2OSi-2. The molecule has 3 aromatic heterocycles. The first-order valence-corrected chi connectivity index (χ1v) is 25.8. The van der Waals surface area contributed by atoms with E-state index < -0.39 is 35.0 Å². The van der Waals surface area contributed by atoms with Crippen LogP contribution in [0.25, 0.3) is 55.6 Å². The molecule has 0 saturated carbocycles. The summed E-state index contributed by atoms with van der Waals surface area (Å²) in [6.45, 7) is -0.505. The quantitative estimate of drug-likeness (QED) is 0.132. The van der Waals surface area contributed by atoms with Gasteiger partial charge in [0.15, 0.2) is 0 Å². The molecular weight excluding hydrogens is 829 g/mol. The first-order valence-electron chi connectivity index (χ1n) is 18.4. The molecule has 8 rings (SSSR count). The summed E-state index contributed by atoms with van der Waals surface area (Å²) in [7, 11) is -1.87. The summed E-state index contributed by atoms with van der Waals surface area (Å²) in [4.78, 5) is 8.88. The SMILES string of the molecule is [2H]C([2H])([2H])c1cnc(-c2[c-]ccc3c2oc2c4c(ccc23)[Si](C)(C)c2ccccc2-4)cc1C([2H])([2H])[2H].[CH3][Ge]([CH3])([CH3])[c]1ccc(-c2[c-]cccc2)nc1.[Ir]. The molecule has 4 heterocycles. The van der Waals surface area contributed by atoms with E-state index in [4.69, 9.17) is 12.6 Å². The van der Waals surface area contributed by atoms with Crippen molar-refractivity contribution in [2.24, 2.45) is 0 Å². The second kappa shape index (κ2) is 12.8. The van der Waals surface area contributed by atoms with Crippen molar-refractivity contribution in [2.75, 3.05) is 0 Å². The Kier molecular flexibility index (Phi) is 7.16. The third kappa shape index (κ3) is 6.00. The zero-order valence-corrected chi connectivity index (χ0v) is 32.4. The number of aryl methyl sites for hydroxylation is 2. The molecule has 4 aromatic carbocycles. The molecule has 0 spiro atoms. The molecule has 0 saturated heterocycles. The molecule has 0 N–H and O–H groups in total. The largest absolute Gasteiger partial charge is 0 e. The maximum atomic E-state index is 7.92. The number of pyridine rings is 2. The van der Waals surface area contributed by atoms with Gasteiger partial charge in [0.25, 0.3) is 0 Å². The van der Waals surface area contributed by atoms with Crippen molar-refractivity contribution in [1.29, 1.82) is 0 Å². The van der Waals surface area contributed by atoms with Gasteiger partial charge in [0.1, 0.15) is 13.7 Å². The summed E-state index contributed by atoms with van der Waals surface area (Å²) in [5.41, 5.74) is 6.04. The summed E-state index contributed by atoms with van der Waals surface area (Å²) in [6, 6.07) is 36.5. The monoisotopic (exact) mass is 875 g/mol. The maximum Gasteiger partial charge on any atom is 0 e. The van der Waals surface area contributed by atoms with Gasteiger partial charge in [0.05, 0.1) is 5.58 Å². The van der Waals surface area contributed by atoms with Crippen LogP contribution in [0, 0.1) is 25.8 Å². The van der Waals surface area contributed by atoms with Crippen molar-refractivity contribution in [3.05, 3.63) is 127 Å². The fourth-order valence-electron chi connectivity index (χ4n) is 6.32. The Morgan fingerprint density at radius 2 is 1.49 bits per heavy atom. The Labute approximate surface area is 303 Å². The Morgan fingerprint density at radius 1 is 0.723 bits per heavy atom. The van der Waals surface area contributed by atoms with Gasteiger partial charge in [0.2, 0.25) is 0 Å². The molecule has 237 valence electrons. The smallest absolute Gasteiger partial charge is 0 e. The van der Waals surface area contributed by atoms with Crippen molar-refractivity contribution >= 4 is 58.0 Å². The predicted octanol–water partition coefficient (Wildman–Crippen LogP) is 8.96. The van der Waals surface area contributed by atoms with E-state index in [-0.39, 0.29) is 31.2 Å². The minimum atomic E-state index is -2.61. The second-order valence-electron chi connectivity index (χ2n) is 13.3. The number of rotatable bonds is 3. The zero-order chi connectivity index (χ0) is 37.2. The van der Waals surface area contributed by atoms with E-state index in [1.165, 1.54) is 26.4 Å². The van der Waals surface area contributed by atoms with Crippen LogP contribution in [0.5, 0.6) is 0 Å². The van der Waals surface area contributed by atoms with Gasteiger partial charge in [0, 0.05) is 45.5 Å². The average Bonchev–Trinajstić information content (AvgIpc) is 3.60. The number of nitrogens with zero attached hydrogens (tertiary/aromatic N) is 2. The van der Waals surface area contributed by atoms with E-state index in [2.05, 4.69) is 94.9 Å². The normalized spacial score (nSPS) is 15.4. The Hall–Kier alpha value is -3.61. The van der Waals surface area contributed by atoms with E-state index in [1.54, 1.807) is 6.07 Å². The molecule has 0 aliphatic carbocycles. The van der Waals surface area contributed by atoms with Crippen LogP contribution < -0.4 is 14.8 Å². The van der Waals surface area contributed by atoms with Crippen LogP contribution in [0.2, 0.25) is 30.4 Å². The standard InChI is InChI=1S/C27H22NOSi.C14H16GeN.Ir/c1-16-14-22(28-15-17(16)2)20-10-7-9-18-19-12-13-24-25(27(19)29-26(18)20)21-8-5-6-11-23(21)30(24,3)4;1-15(2,3)13-9-10-14(16-11-13)12-7-5-4-6-8-12;/h5-9,11-15H,1-4H3;4-7,9-11H,1-3H3;/q2*-1;/i1D3,2D3;;. The van der Waals surface area contributed by atoms with Crippen LogP contribution in [-0.2, 0) is 20.1 Å². The molecule has 1 aliphatic rings. The molecule has 0 amide bonds. The van der Waals surface area contributed by atoms with Gasteiger partial charge < -0.3 is 9.40 Å². The van der Waals surface area contributed by atoms with E-state index in [9.17, 15) is 0 Å². The number of benzene rings is 4. The molecule has 7 aromatic rings. The van der Waals surface area contributed by atoms with Crippen molar-refractivity contribution in [2.45, 2.75) is 44.1 Å². The van der Waals surface area contributed by atoms with Gasteiger partial charge in [-0.3, -0.25) is 0 Å². The van der Waals surface area contributed by atoms with Crippen molar-refractivity contribution in [3.8, 4) is 33.6 Å². The third-order valence-electron chi connectivity index (χ3n) is 8.92. The maximum absolute atomic E-state index is 7.92. The molecule has 6 heteroatoms. The Bertz CT molecular complexity index is 2460. The topological polar surface area (TPSA) is 38.9 Å². The van der Waals surface area contributed by atoms with Gasteiger partial charge in [-0.05, 0) is 40.9 Å². The molecule has 1 aliphatic heterocycles. The summed E-state index contributed by atoms with van der Waals surface area (Å²) < 4.78 is 55.0. The van der Waals surface area contributed by atoms with Gasteiger partial charge in [-0.2, -0.15) is 0 Å². The van der Waals surface area contributed by atoms with Crippen molar-refractivity contribution in [1.82, 2.24) is 9.97 Å². The van der Waals surface area contributed by atoms with E-state index in [0.717, 1.165) is 39.4 Å². The minimum absolute atomic E-state index is 0. The Morgan fingerprint density at radius 3 is 2.21 bits per heavy atom. The molecule has 0 fully saturated rings. The van der Waals surface area contributed by atoms with E-state index >= 15 is 0 Å². The average molecular weight is 874 g/mol.